The van der Waals surface area contributed by atoms with E-state index in [0.717, 1.165) is 43.0 Å². The molecule has 26 heavy (non-hydrogen) atoms. The van der Waals surface area contributed by atoms with Gasteiger partial charge in [0.1, 0.15) is 11.1 Å². The molecule has 1 N–H and O–H groups in total. The van der Waals surface area contributed by atoms with Crippen LogP contribution in [0.1, 0.15) is 63.0 Å². The maximum atomic E-state index is 12.6. The fourth-order valence-corrected chi connectivity index (χ4v) is 4.80. The number of hydrogen-bond acceptors (Lipinski definition) is 3. The molecule has 1 aromatic rings. The van der Waals surface area contributed by atoms with Gasteiger partial charge in [-0.3, -0.25) is 4.79 Å². The molecule has 0 saturated carbocycles. The van der Waals surface area contributed by atoms with Gasteiger partial charge in [0.2, 0.25) is 5.91 Å². The van der Waals surface area contributed by atoms with Gasteiger partial charge in [0, 0.05) is 11.3 Å². The molecule has 1 heterocycles. The van der Waals surface area contributed by atoms with E-state index in [1.54, 1.807) is 0 Å². The van der Waals surface area contributed by atoms with Crippen molar-refractivity contribution in [2.45, 2.75) is 66.0 Å². The van der Waals surface area contributed by atoms with E-state index in [1.165, 1.54) is 11.3 Å². The molecule has 0 spiro atoms. The van der Waals surface area contributed by atoms with Gasteiger partial charge in [-0.2, -0.15) is 18.4 Å². The van der Waals surface area contributed by atoms with Crippen LogP contribution in [-0.4, -0.2) is 12.1 Å². The van der Waals surface area contributed by atoms with Crippen LogP contribution in [0.3, 0.4) is 0 Å². The van der Waals surface area contributed by atoms with Crippen LogP contribution in [0.2, 0.25) is 0 Å². The number of alkyl halides is 3. The van der Waals surface area contributed by atoms with Gasteiger partial charge in [0.25, 0.3) is 0 Å². The smallest absolute Gasteiger partial charge is 0.317 e. The minimum absolute atomic E-state index is 0.224. The molecule has 0 radical (unpaired) electrons. The highest BCUT2D eigenvalue weighted by Crippen LogP contribution is 2.42. The lowest BCUT2D eigenvalue weighted by Crippen LogP contribution is -2.25. The highest BCUT2D eigenvalue weighted by Gasteiger charge is 2.37. The third kappa shape index (κ3) is 5.23. The van der Waals surface area contributed by atoms with Crippen molar-refractivity contribution in [1.29, 1.82) is 5.26 Å². The average Bonchev–Trinajstić information content (AvgIpc) is 2.80. The number of amides is 1. The fourth-order valence-electron chi connectivity index (χ4n) is 3.47. The van der Waals surface area contributed by atoms with Crippen molar-refractivity contribution in [2.24, 2.45) is 17.3 Å². The second kappa shape index (κ2) is 7.59. The van der Waals surface area contributed by atoms with E-state index in [2.05, 4.69) is 32.2 Å². The van der Waals surface area contributed by atoms with E-state index < -0.39 is 24.4 Å². The van der Waals surface area contributed by atoms with Gasteiger partial charge in [-0.15, -0.1) is 11.3 Å². The third-order valence-electron chi connectivity index (χ3n) is 4.68. The average molecular weight is 386 g/mol. The second-order valence-electron chi connectivity index (χ2n) is 8.39. The van der Waals surface area contributed by atoms with Crippen LogP contribution < -0.4 is 5.32 Å². The summed E-state index contributed by atoms with van der Waals surface area (Å²) in [5.41, 5.74) is 1.61. The first-order valence-corrected chi connectivity index (χ1v) is 9.63. The molecule has 1 amide bonds. The van der Waals surface area contributed by atoms with Gasteiger partial charge < -0.3 is 5.32 Å². The van der Waals surface area contributed by atoms with Crippen molar-refractivity contribution in [1.82, 2.24) is 0 Å². The van der Waals surface area contributed by atoms with E-state index in [4.69, 9.17) is 0 Å². The van der Waals surface area contributed by atoms with Gasteiger partial charge in [-0.1, -0.05) is 27.7 Å². The first kappa shape index (κ1) is 20.8. The molecule has 1 aromatic heterocycles. The first-order chi connectivity index (χ1) is 11.9. The number of thiophene rings is 1. The first-order valence-electron chi connectivity index (χ1n) is 8.82. The Morgan fingerprint density at radius 1 is 1.38 bits per heavy atom. The lowest BCUT2D eigenvalue weighted by atomic mass is 9.77. The van der Waals surface area contributed by atoms with Crippen LogP contribution in [0.4, 0.5) is 18.2 Å². The number of hydrogen-bond donors (Lipinski definition) is 1. The predicted octanol–water partition coefficient (Wildman–Crippen LogP) is 5.69. The molecule has 2 rings (SSSR count). The molecule has 1 aliphatic rings. The van der Waals surface area contributed by atoms with Gasteiger partial charge in [0.15, 0.2) is 0 Å². The van der Waals surface area contributed by atoms with E-state index in [1.807, 2.05) is 0 Å². The van der Waals surface area contributed by atoms with Crippen molar-refractivity contribution in [3.63, 3.8) is 0 Å². The van der Waals surface area contributed by atoms with Crippen LogP contribution in [0.15, 0.2) is 0 Å². The molecule has 0 saturated heterocycles. The number of carbonyl (C=O) groups is 1. The van der Waals surface area contributed by atoms with Gasteiger partial charge in [-0.05, 0) is 42.6 Å². The van der Waals surface area contributed by atoms with Crippen LogP contribution in [-0.2, 0) is 17.6 Å². The zero-order valence-electron chi connectivity index (χ0n) is 15.6. The molecule has 2 atom stereocenters. The Balaban J connectivity index is 2.12. The van der Waals surface area contributed by atoms with Crippen LogP contribution in [0.5, 0.6) is 0 Å². The minimum atomic E-state index is -4.40. The number of carbonyl (C=O) groups excluding carboxylic acids is 1. The van der Waals surface area contributed by atoms with Crippen molar-refractivity contribution in [2.75, 3.05) is 5.32 Å². The van der Waals surface area contributed by atoms with Gasteiger partial charge >= 0.3 is 6.18 Å². The molecular weight excluding hydrogens is 361 g/mol. The zero-order valence-corrected chi connectivity index (χ0v) is 16.4. The summed E-state index contributed by atoms with van der Waals surface area (Å²) in [6.07, 6.45) is -1.32. The number of fused-ring (bicyclic) bond motifs is 1. The predicted molar refractivity (Wildman–Crippen MR) is 97.1 cm³/mol. The van der Waals surface area contributed by atoms with Crippen molar-refractivity contribution in [3.05, 3.63) is 16.0 Å². The SMILES string of the molecule is CC(CC(=O)Nc1sc2c(c1C#N)CCC(CC(C)(C)C)C2)C(F)(F)F. The van der Waals surface area contributed by atoms with Crippen molar-refractivity contribution in [3.8, 4) is 6.07 Å². The quantitative estimate of drug-likeness (QED) is 0.723. The van der Waals surface area contributed by atoms with E-state index in [0.29, 0.717) is 16.5 Å². The number of rotatable bonds is 4. The standard InChI is InChI=1S/C19H25F3N2OS/c1-11(19(20,21)22)7-16(25)24-17-14(10-23)13-6-5-12(8-15(13)26-17)9-18(2,3)4/h11-12H,5-9H2,1-4H3,(H,24,25). The topological polar surface area (TPSA) is 52.9 Å². The Hall–Kier alpha value is -1.55. The molecular formula is C19H25F3N2OS. The molecule has 3 nitrogen and oxygen atoms in total. The lowest BCUT2D eigenvalue weighted by molar-refractivity contribution is -0.173. The van der Waals surface area contributed by atoms with Gasteiger partial charge in [0.05, 0.1) is 11.5 Å². The second-order valence-corrected chi connectivity index (χ2v) is 9.49. The largest absolute Gasteiger partial charge is 0.392 e. The number of nitrogens with one attached hydrogen (secondary N) is 1. The highest BCUT2D eigenvalue weighted by molar-refractivity contribution is 7.16. The Labute approximate surface area is 156 Å². The minimum Gasteiger partial charge on any atom is -0.317 e. The molecule has 2 unspecified atom stereocenters. The summed E-state index contributed by atoms with van der Waals surface area (Å²) in [5, 5.41) is 12.4. The summed E-state index contributed by atoms with van der Waals surface area (Å²) < 4.78 is 37.9. The molecule has 1 aliphatic carbocycles. The normalized spacial score (nSPS) is 18.8. The number of halogens is 3. The Kier molecular flexibility index (Phi) is 6.06. The molecule has 144 valence electrons. The summed E-state index contributed by atoms with van der Waals surface area (Å²) in [6, 6.07) is 2.13. The summed E-state index contributed by atoms with van der Waals surface area (Å²) in [5.74, 6) is -1.88. The molecule has 0 bridgehead atoms. The van der Waals surface area contributed by atoms with Crippen molar-refractivity contribution < 1.29 is 18.0 Å². The van der Waals surface area contributed by atoms with Crippen LogP contribution >= 0.6 is 11.3 Å². The van der Waals surface area contributed by atoms with E-state index >= 15 is 0 Å². The van der Waals surface area contributed by atoms with E-state index in [9.17, 15) is 23.2 Å². The summed E-state index contributed by atoms with van der Waals surface area (Å²) >= 11 is 1.34. The molecule has 0 aliphatic heterocycles. The molecule has 7 heteroatoms. The number of nitriles is 1. The summed E-state index contributed by atoms with van der Waals surface area (Å²) in [6.45, 7) is 7.59. The third-order valence-corrected chi connectivity index (χ3v) is 5.85. The maximum Gasteiger partial charge on any atom is 0.392 e. The van der Waals surface area contributed by atoms with Crippen molar-refractivity contribution >= 4 is 22.2 Å². The van der Waals surface area contributed by atoms with Crippen LogP contribution in [0, 0.1) is 28.6 Å². The van der Waals surface area contributed by atoms with Gasteiger partial charge in [-0.25, -0.2) is 0 Å². The fraction of sp³-hybridized carbons (Fsp3) is 0.684. The maximum absolute atomic E-state index is 12.6. The number of anilines is 1. The highest BCUT2D eigenvalue weighted by atomic mass is 32.1. The molecule has 0 aromatic carbocycles. The van der Waals surface area contributed by atoms with Crippen LogP contribution in [0.25, 0.3) is 0 Å². The summed E-state index contributed by atoms with van der Waals surface area (Å²) in [4.78, 5) is 13.1. The molecule has 0 fully saturated rings. The Morgan fingerprint density at radius 2 is 2.04 bits per heavy atom. The monoisotopic (exact) mass is 386 g/mol. The Bertz CT molecular complexity index is 710. The van der Waals surface area contributed by atoms with E-state index in [-0.39, 0.29) is 5.41 Å². The lowest BCUT2D eigenvalue weighted by Gasteiger charge is -2.28. The zero-order chi connectivity index (χ0) is 19.7. The summed E-state index contributed by atoms with van der Waals surface area (Å²) in [7, 11) is 0. The Morgan fingerprint density at radius 3 is 2.58 bits per heavy atom. The number of nitrogens with zero attached hydrogens (tertiary/aromatic N) is 1.